The Morgan fingerprint density at radius 1 is 1.43 bits per heavy atom. The van der Waals surface area contributed by atoms with Crippen molar-refractivity contribution in [1.82, 2.24) is 14.9 Å². The molecule has 5 nitrogen and oxygen atoms in total. The summed E-state index contributed by atoms with van der Waals surface area (Å²) >= 11 is 0. The zero-order valence-electron chi connectivity index (χ0n) is 13.7. The van der Waals surface area contributed by atoms with Crippen LogP contribution in [0.25, 0.3) is 0 Å². The number of nitrogen functional groups attached to an aromatic ring is 1. The highest BCUT2D eigenvalue weighted by atomic mass is 16.2. The van der Waals surface area contributed by atoms with Crippen LogP contribution in [0.3, 0.4) is 0 Å². The van der Waals surface area contributed by atoms with Gasteiger partial charge in [-0.25, -0.2) is 9.97 Å². The minimum atomic E-state index is -0.0662. The molecule has 2 rings (SSSR count). The van der Waals surface area contributed by atoms with E-state index in [-0.39, 0.29) is 17.2 Å². The smallest absolute Gasteiger partial charge is 0.274 e. The molecule has 1 fully saturated rings. The van der Waals surface area contributed by atoms with Gasteiger partial charge in [-0.3, -0.25) is 4.79 Å². The van der Waals surface area contributed by atoms with E-state index in [1.807, 2.05) is 18.7 Å². The van der Waals surface area contributed by atoms with E-state index in [0.29, 0.717) is 23.1 Å². The lowest BCUT2D eigenvalue weighted by atomic mass is 9.80. The third kappa shape index (κ3) is 3.34. The van der Waals surface area contributed by atoms with Crippen LogP contribution in [0.2, 0.25) is 0 Å². The van der Waals surface area contributed by atoms with Crippen molar-refractivity contribution in [1.29, 1.82) is 0 Å². The lowest BCUT2D eigenvalue weighted by Gasteiger charge is -2.27. The summed E-state index contributed by atoms with van der Waals surface area (Å²) in [5.74, 6) is 1.30. The maximum absolute atomic E-state index is 12.7. The molecule has 21 heavy (non-hydrogen) atoms. The van der Waals surface area contributed by atoms with Crippen LogP contribution in [0.5, 0.6) is 0 Å². The van der Waals surface area contributed by atoms with E-state index in [1.165, 1.54) is 0 Å². The van der Waals surface area contributed by atoms with E-state index in [0.717, 1.165) is 19.5 Å². The quantitative estimate of drug-likeness (QED) is 0.909. The average Bonchev–Trinajstić information content (AvgIpc) is 2.87. The van der Waals surface area contributed by atoms with Crippen LogP contribution in [-0.4, -0.2) is 33.9 Å². The lowest BCUT2D eigenvalue weighted by molar-refractivity contribution is 0.0771. The molecule has 0 saturated carbocycles. The molecular weight excluding hydrogens is 264 g/mol. The second kappa shape index (κ2) is 5.62. The van der Waals surface area contributed by atoms with Crippen LogP contribution in [0.4, 0.5) is 5.69 Å². The van der Waals surface area contributed by atoms with Gasteiger partial charge in [-0.2, -0.15) is 0 Å². The number of likely N-dealkylation sites (tertiary alicyclic amines) is 1. The summed E-state index contributed by atoms with van der Waals surface area (Å²) < 4.78 is 0. The number of hydrogen-bond acceptors (Lipinski definition) is 4. The first-order valence-corrected chi connectivity index (χ1v) is 7.62. The summed E-state index contributed by atoms with van der Waals surface area (Å²) in [6, 6.07) is 0. The molecular formula is C16H26N4O. The summed E-state index contributed by atoms with van der Waals surface area (Å²) in [6.45, 7) is 12.2. The highest BCUT2D eigenvalue weighted by molar-refractivity contribution is 5.97. The van der Waals surface area contributed by atoms with Crippen LogP contribution in [0.1, 0.15) is 63.3 Å². The first kappa shape index (κ1) is 15.7. The topological polar surface area (TPSA) is 72.1 Å². The molecule has 0 spiro atoms. The molecule has 2 heterocycles. The molecule has 0 aliphatic carbocycles. The summed E-state index contributed by atoms with van der Waals surface area (Å²) in [6.07, 6.45) is 2.59. The van der Waals surface area contributed by atoms with Crippen molar-refractivity contribution < 1.29 is 4.79 Å². The Morgan fingerprint density at radius 3 is 2.62 bits per heavy atom. The van der Waals surface area contributed by atoms with Crippen LogP contribution < -0.4 is 5.73 Å². The van der Waals surface area contributed by atoms with E-state index >= 15 is 0 Å². The third-order valence-electron chi connectivity index (χ3n) is 4.25. The van der Waals surface area contributed by atoms with Crippen molar-refractivity contribution in [3.8, 4) is 0 Å². The Balaban J connectivity index is 2.20. The van der Waals surface area contributed by atoms with Gasteiger partial charge in [0, 0.05) is 19.0 Å². The van der Waals surface area contributed by atoms with Crippen LogP contribution in [-0.2, 0) is 0 Å². The fourth-order valence-corrected chi connectivity index (χ4v) is 2.66. The SMILES string of the molecule is CC(C)c1ncc(N)c(C(=O)N2CCC(C(C)(C)C)C2)n1. The van der Waals surface area contributed by atoms with Gasteiger partial charge in [0.2, 0.25) is 0 Å². The van der Waals surface area contributed by atoms with Gasteiger partial charge in [0.15, 0.2) is 5.69 Å². The second-order valence-corrected chi connectivity index (χ2v) is 7.29. The summed E-state index contributed by atoms with van der Waals surface area (Å²) in [5.41, 5.74) is 6.84. The predicted octanol–water partition coefficient (Wildman–Crippen LogP) is 2.69. The van der Waals surface area contributed by atoms with Gasteiger partial charge in [-0.1, -0.05) is 34.6 Å². The zero-order chi connectivity index (χ0) is 15.8. The first-order chi connectivity index (χ1) is 9.70. The van der Waals surface area contributed by atoms with Gasteiger partial charge in [-0.05, 0) is 17.8 Å². The molecule has 1 amide bonds. The number of amides is 1. The Kier molecular flexibility index (Phi) is 4.21. The molecule has 0 bridgehead atoms. The fraction of sp³-hybridized carbons (Fsp3) is 0.688. The number of anilines is 1. The standard InChI is InChI=1S/C16H26N4O/c1-10(2)14-18-8-12(17)13(19-14)15(21)20-7-6-11(9-20)16(3,4)5/h8,10-11H,6-7,9,17H2,1-5H3. The zero-order valence-corrected chi connectivity index (χ0v) is 13.7. The molecule has 5 heteroatoms. The van der Waals surface area contributed by atoms with Crippen molar-refractivity contribution in [2.75, 3.05) is 18.8 Å². The molecule has 1 atom stereocenters. The van der Waals surface area contributed by atoms with E-state index in [1.54, 1.807) is 6.20 Å². The van der Waals surface area contributed by atoms with Crippen molar-refractivity contribution in [3.05, 3.63) is 17.7 Å². The summed E-state index contributed by atoms with van der Waals surface area (Å²) in [7, 11) is 0. The molecule has 116 valence electrons. The maximum Gasteiger partial charge on any atom is 0.274 e. The highest BCUT2D eigenvalue weighted by Gasteiger charge is 2.35. The van der Waals surface area contributed by atoms with Crippen molar-refractivity contribution >= 4 is 11.6 Å². The number of nitrogens with two attached hydrogens (primary N) is 1. The van der Waals surface area contributed by atoms with Crippen molar-refractivity contribution in [3.63, 3.8) is 0 Å². The number of rotatable bonds is 2. The molecule has 1 unspecified atom stereocenters. The monoisotopic (exact) mass is 290 g/mol. The molecule has 1 aromatic heterocycles. The van der Waals surface area contributed by atoms with E-state index in [2.05, 4.69) is 30.7 Å². The van der Waals surface area contributed by atoms with Crippen molar-refractivity contribution in [2.24, 2.45) is 11.3 Å². The Bertz CT molecular complexity index is 534. The molecule has 1 aliphatic rings. The molecule has 1 saturated heterocycles. The number of hydrogen-bond donors (Lipinski definition) is 1. The summed E-state index contributed by atoms with van der Waals surface area (Å²) in [4.78, 5) is 23.1. The van der Waals surface area contributed by atoms with Gasteiger partial charge < -0.3 is 10.6 Å². The molecule has 2 N–H and O–H groups in total. The number of carbonyl (C=O) groups excluding carboxylic acids is 1. The largest absolute Gasteiger partial charge is 0.396 e. The molecule has 0 aromatic carbocycles. The average molecular weight is 290 g/mol. The number of nitrogens with zero attached hydrogens (tertiary/aromatic N) is 3. The lowest BCUT2D eigenvalue weighted by Crippen LogP contribution is -2.32. The van der Waals surface area contributed by atoms with Crippen LogP contribution >= 0.6 is 0 Å². The van der Waals surface area contributed by atoms with Gasteiger partial charge in [0.05, 0.1) is 11.9 Å². The summed E-state index contributed by atoms with van der Waals surface area (Å²) in [5, 5.41) is 0. The minimum absolute atomic E-state index is 0.0662. The predicted molar refractivity (Wildman–Crippen MR) is 84.0 cm³/mol. The molecule has 1 aromatic rings. The Labute approximate surface area is 127 Å². The van der Waals surface area contributed by atoms with Gasteiger partial charge in [0.25, 0.3) is 5.91 Å². The van der Waals surface area contributed by atoms with E-state index in [4.69, 9.17) is 5.73 Å². The van der Waals surface area contributed by atoms with Gasteiger partial charge in [-0.15, -0.1) is 0 Å². The first-order valence-electron chi connectivity index (χ1n) is 7.62. The molecule has 0 radical (unpaired) electrons. The Hall–Kier alpha value is -1.65. The van der Waals surface area contributed by atoms with Gasteiger partial charge >= 0.3 is 0 Å². The Morgan fingerprint density at radius 2 is 2.10 bits per heavy atom. The van der Waals surface area contributed by atoms with E-state index in [9.17, 15) is 4.79 Å². The fourth-order valence-electron chi connectivity index (χ4n) is 2.66. The van der Waals surface area contributed by atoms with E-state index < -0.39 is 0 Å². The van der Waals surface area contributed by atoms with Gasteiger partial charge in [0.1, 0.15) is 5.82 Å². The maximum atomic E-state index is 12.7. The number of carbonyl (C=O) groups is 1. The minimum Gasteiger partial charge on any atom is -0.396 e. The second-order valence-electron chi connectivity index (χ2n) is 7.29. The number of aromatic nitrogens is 2. The third-order valence-corrected chi connectivity index (χ3v) is 4.25. The normalized spacial score (nSPS) is 19.3. The highest BCUT2D eigenvalue weighted by Crippen LogP contribution is 2.34. The van der Waals surface area contributed by atoms with Crippen LogP contribution in [0, 0.1) is 11.3 Å². The van der Waals surface area contributed by atoms with Crippen molar-refractivity contribution in [2.45, 2.75) is 47.0 Å². The van der Waals surface area contributed by atoms with Crippen LogP contribution in [0.15, 0.2) is 6.20 Å². The molecule has 1 aliphatic heterocycles.